The highest BCUT2D eigenvalue weighted by molar-refractivity contribution is 5.59. The number of aliphatic hydroxyl groups is 1. The molecule has 0 spiro atoms. The minimum absolute atomic E-state index is 0.156. The topological polar surface area (TPSA) is 32.6 Å². The maximum absolute atomic E-state index is 8.27. The van der Waals surface area contributed by atoms with Crippen LogP contribution in [0.3, 0.4) is 0 Å². The zero-order valence-corrected chi connectivity index (χ0v) is 5.46. The Morgan fingerprint density at radius 1 is 1.62 bits per heavy atom. The van der Waals surface area contributed by atoms with Crippen LogP contribution in [0.5, 0.6) is 0 Å². The van der Waals surface area contributed by atoms with Gasteiger partial charge in [0, 0.05) is 6.21 Å². The lowest BCUT2D eigenvalue weighted by Gasteiger charge is -1.90. The second kappa shape index (κ2) is 4.78. The molecule has 8 heavy (non-hydrogen) atoms. The highest BCUT2D eigenvalue weighted by atomic mass is 16.3. The van der Waals surface area contributed by atoms with Crippen LogP contribution in [-0.4, -0.2) is 24.5 Å². The van der Waals surface area contributed by atoms with Gasteiger partial charge in [-0.2, -0.15) is 0 Å². The van der Waals surface area contributed by atoms with Gasteiger partial charge in [0.05, 0.1) is 13.2 Å². The lowest BCUT2D eigenvalue weighted by Crippen LogP contribution is -1.92. The molecule has 48 valence electrons. The molecule has 0 saturated heterocycles. The van der Waals surface area contributed by atoms with E-state index in [9.17, 15) is 0 Å². The molecule has 0 rings (SSSR count). The summed E-state index contributed by atoms with van der Waals surface area (Å²) in [6, 6.07) is 0. The second-order valence-corrected chi connectivity index (χ2v) is 2.02. The molecule has 1 N–H and O–H groups in total. The second-order valence-electron chi connectivity index (χ2n) is 2.02. The smallest absolute Gasteiger partial charge is 0.0626 e. The largest absolute Gasteiger partial charge is 0.394 e. The first kappa shape index (κ1) is 7.63. The molecule has 0 aliphatic rings. The van der Waals surface area contributed by atoms with Gasteiger partial charge < -0.3 is 5.11 Å². The Balaban J connectivity index is 3.07. The van der Waals surface area contributed by atoms with Crippen LogP contribution in [0, 0.1) is 5.92 Å². The molecule has 2 heteroatoms. The predicted molar refractivity (Wildman–Crippen MR) is 35.3 cm³/mol. The van der Waals surface area contributed by atoms with Gasteiger partial charge in [0.1, 0.15) is 0 Å². The molecule has 0 aliphatic carbocycles. The number of rotatable bonds is 3. The maximum atomic E-state index is 8.27. The van der Waals surface area contributed by atoms with Crippen molar-refractivity contribution in [1.82, 2.24) is 0 Å². The third kappa shape index (κ3) is 5.63. The monoisotopic (exact) mass is 115 g/mol. The predicted octanol–water partition coefficient (Wildman–Crippen LogP) is 0.706. The van der Waals surface area contributed by atoms with Gasteiger partial charge in [-0.3, -0.25) is 4.99 Å². The van der Waals surface area contributed by atoms with Crippen molar-refractivity contribution < 1.29 is 5.11 Å². The van der Waals surface area contributed by atoms with Crippen LogP contribution in [0.1, 0.15) is 13.8 Å². The van der Waals surface area contributed by atoms with Gasteiger partial charge >= 0.3 is 0 Å². The lowest BCUT2D eigenvalue weighted by atomic mass is 10.2. The van der Waals surface area contributed by atoms with Gasteiger partial charge in [0.2, 0.25) is 0 Å². The first-order valence-corrected chi connectivity index (χ1v) is 2.88. The van der Waals surface area contributed by atoms with Crippen molar-refractivity contribution in [1.29, 1.82) is 0 Å². The van der Waals surface area contributed by atoms with Crippen molar-refractivity contribution in [3.8, 4) is 0 Å². The Morgan fingerprint density at radius 2 is 2.25 bits per heavy atom. The summed E-state index contributed by atoms with van der Waals surface area (Å²) < 4.78 is 0. The van der Waals surface area contributed by atoms with E-state index in [1.54, 1.807) is 0 Å². The quantitative estimate of drug-likeness (QED) is 0.540. The summed E-state index contributed by atoms with van der Waals surface area (Å²) in [4.78, 5) is 3.91. The summed E-state index contributed by atoms with van der Waals surface area (Å²) in [7, 11) is 0. The standard InChI is InChI=1S/C6H13NO/c1-6(2)5-7-3-4-8/h5-6,8H,3-4H2,1-2H3. The highest BCUT2D eigenvalue weighted by Crippen LogP contribution is 1.83. The average Bonchev–Trinajstić information content (AvgIpc) is 1.66. The third-order valence-corrected chi connectivity index (χ3v) is 0.633. The van der Waals surface area contributed by atoms with E-state index >= 15 is 0 Å². The Kier molecular flexibility index (Phi) is 4.56. The van der Waals surface area contributed by atoms with Gasteiger partial charge in [-0.15, -0.1) is 0 Å². The first-order chi connectivity index (χ1) is 3.77. The molecule has 0 atom stereocenters. The molecule has 0 aromatic carbocycles. The Bertz CT molecular complexity index is 68.9. The molecule has 0 aromatic heterocycles. The summed E-state index contributed by atoms with van der Waals surface area (Å²) in [5.41, 5.74) is 0. The number of hydrogen-bond acceptors (Lipinski definition) is 2. The first-order valence-electron chi connectivity index (χ1n) is 2.88. The normalized spacial score (nSPS) is 11.5. The van der Waals surface area contributed by atoms with Gasteiger partial charge in [0.25, 0.3) is 0 Å². The maximum Gasteiger partial charge on any atom is 0.0626 e. The van der Waals surface area contributed by atoms with Crippen LogP contribution < -0.4 is 0 Å². The molecule has 0 saturated carbocycles. The molecule has 0 fully saturated rings. The van der Waals surface area contributed by atoms with Gasteiger partial charge in [0.15, 0.2) is 0 Å². The van der Waals surface area contributed by atoms with Gasteiger partial charge in [-0.05, 0) is 5.92 Å². The van der Waals surface area contributed by atoms with Crippen molar-refractivity contribution in [2.24, 2.45) is 10.9 Å². The van der Waals surface area contributed by atoms with Crippen molar-refractivity contribution >= 4 is 6.21 Å². The average molecular weight is 115 g/mol. The van der Waals surface area contributed by atoms with E-state index in [2.05, 4.69) is 18.8 Å². The third-order valence-electron chi connectivity index (χ3n) is 0.633. The van der Waals surface area contributed by atoms with E-state index in [4.69, 9.17) is 5.11 Å². The van der Waals surface area contributed by atoms with Crippen LogP contribution >= 0.6 is 0 Å². The Morgan fingerprint density at radius 3 is 2.62 bits per heavy atom. The molecule has 0 unspecified atom stereocenters. The number of nitrogens with zero attached hydrogens (tertiary/aromatic N) is 1. The summed E-state index contributed by atoms with van der Waals surface area (Å²) in [5.74, 6) is 0.501. The SMILES string of the molecule is CC(C)C=NCCO. The highest BCUT2D eigenvalue weighted by Gasteiger charge is 1.81. The zero-order valence-electron chi connectivity index (χ0n) is 5.46. The Labute approximate surface area is 50.3 Å². The summed E-state index contributed by atoms with van der Waals surface area (Å²) >= 11 is 0. The fraction of sp³-hybridized carbons (Fsp3) is 0.833. The van der Waals surface area contributed by atoms with Gasteiger partial charge in [-0.1, -0.05) is 13.8 Å². The van der Waals surface area contributed by atoms with Gasteiger partial charge in [-0.25, -0.2) is 0 Å². The molecule has 0 heterocycles. The Hall–Kier alpha value is -0.370. The van der Waals surface area contributed by atoms with Crippen molar-refractivity contribution in [3.63, 3.8) is 0 Å². The number of aliphatic imine (C=N–C) groups is 1. The molecular weight excluding hydrogens is 102 g/mol. The molecule has 0 amide bonds. The van der Waals surface area contributed by atoms with E-state index in [0.29, 0.717) is 12.5 Å². The molecule has 0 aromatic rings. The van der Waals surface area contributed by atoms with Crippen LogP contribution in [-0.2, 0) is 0 Å². The lowest BCUT2D eigenvalue weighted by molar-refractivity contribution is 0.307. The minimum Gasteiger partial charge on any atom is -0.394 e. The fourth-order valence-electron chi connectivity index (χ4n) is 0.343. The van der Waals surface area contributed by atoms with Crippen molar-refractivity contribution in [2.45, 2.75) is 13.8 Å². The van der Waals surface area contributed by atoms with Crippen LogP contribution in [0.2, 0.25) is 0 Å². The van der Waals surface area contributed by atoms with Crippen LogP contribution in [0.4, 0.5) is 0 Å². The molecule has 0 aliphatic heterocycles. The van der Waals surface area contributed by atoms with Crippen LogP contribution in [0.15, 0.2) is 4.99 Å². The molecule has 0 bridgehead atoms. The minimum atomic E-state index is 0.156. The molecule has 2 nitrogen and oxygen atoms in total. The van der Waals surface area contributed by atoms with Crippen molar-refractivity contribution in [2.75, 3.05) is 13.2 Å². The fourth-order valence-corrected chi connectivity index (χ4v) is 0.343. The summed E-state index contributed by atoms with van der Waals surface area (Å²) in [6.07, 6.45) is 1.84. The molecular formula is C6H13NO. The zero-order chi connectivity index (χ0) is 6.41. The molecule has 0 radical (unpaired) electrons. The van der Waals surface area contributed by atoms with E-state index in [1.165, 1.54) is 0 Å². The van der Waals surface area contributed by atoms with E-state index in [-0.39, 0.29) is 6.61 Å². The van der Waals surface area contributed by atoms with Crippen LogP contribution in [0.25, 0.3) is 0 Å². The van der Waals surface area contributed by atoms with E-state index in [1.807, 2.05) is 6.21 Å². The van der Waals surface area contributed by atoms with E-state index in [0.717, 1.165) is 0 Å². The van der Waals surface area contributed by atoms with E-state index < -0.39 is 0 Å². The summed E-state index contributed by atoms with van der Waals surface area (Å²) in [5, 5.41) is 8.27. The number of hydrogen-bond donors (Lipinski definition) is 1. The summed E-state index contributed by atoms with van der Waals surface area (Å²) in [6.45, 7) is 4.81. The van der Waals surface area contributed by atoms with Crippen molar-refractivity contribution in [3.05, 3.63) is 0 Å². The number of aliphatic hydroxyl groups excluding tert-OH is 1.